The van der Waals surface area contributed by atoms with Crippen LogP contribution in [0.25, 0.3) is 0 Å². The molecule has 2 atom stereocenters. The van der Waals surface area contributed by atoms with Crippen LogP contribution in [0.15, 0.2) is 12.1 Å². The lowest BCUT2D eigenvalue weighted by Crippen LogP contribution is -2.42. The smallest absolute Gasteiger partial charge is 0.339 e. The molecule has 16 heavy (non-hydrogen) atoms. The van der Waals surface area contributed by atoms with Gasteiger partial charge >= 0.3 is 5.97 Å². The number of aliphatic hydroxyl groups excluding tert-OH is 1. The lowest BCUT2D eigenvalue weighted by atomic mass is 9.98. The molecule has 1 aromatic carbocycles. The van der Waals surface area contributed by atoms with Crippen LogP contribution in [-0.4, -0.2) is 26.9 Å². The zero-order valence-electron chi connectivity index (χ0n) is 7.94. The number of fused-ring (bicyclic) bond motifs is 1. The summed E-state index contributed by atoms with van der Waals surface area (Å²) in [6.07, 6.45) is -2.20. The topological polar surface area (TPSA) is 77.8 Å². The molecule has 0 aliphatic heterocycles. The molecule has 1 aromatic rings. The first-order valence-corrected chi connectivity index (χ1v) is 4.48. The van der Waals surface area contributed by atoms with Crippen molar-refractivity contribution in [3.05, 3.63) is 34.9 Å². The molecule has 0 saturated heterocycles. The van der Waals surface area contributed by atoms with Crippen molar-refractivity contribution in [1.82, 2.24) is 0 Å². The second-order valence-corrected chi connectivity index (χ2v) is 3.77. The molecule has 0 bridgehead atoms. The van der Waals surface area contributed by atoms with E-state index in [0.29, 0.717) is 6.07 Å². The summed E-state index contributed by atoms with van der Waals surface area (Å²) in [5, 5.41) is 28.0. The fourth-order valence-corrected chi connectivity index (χ4v) is 1.85. The Morgan fingerprint density at radius 3 is 2.50 bits per heavy atom. The lowest BCUT2D eigenvalue weighted by Gasteiger charge is -2.21. The normalized spacial score (nSPS) is 27.9. The molecule has 0 heterocycles. The fourth-order valence-electron chi connectivity index (χ4n) is 1.85. The minimum Gasteiger partial charge on any atom is -0.479 e. The molecule has 0 amide bonds. The van der Waals surface area contributed by atoms with E-state index in [2.05, 4.69) is 0 Å². The van der Waals surface area contributed by atoms with E-state index in [-0.39, 0.29) is 11.1 Å². The van der Waals surface area contributed by atoms with Crippen molar-refractivity contribution in [3.63, 3.8) is 0 Å². The number of hydrogen-bond acceptors (Lipinski definition) is 3. The Morgan fingerprint density at radius 2 is 1.94 bits per heavy atom. The van der Waals surface area contributed by atoms with Gasteiger partial charge in [-0.15, -0.1) is 0 Å². The average Bonchev–Trinajstić information content (AvgIpc) is 2.43. The van der Waals surface area contributed by atoms with Crippen molar-refractivity contribution in [1.29, 1.82) is 0 Å². The van der Waals surface area contributed by atoms with Gasteiger partial charge in [-0.3, -0.25) is 0 Å². The van der Waals surface area contributed by atoms with Crippen LogP contribution in [0.1, 0.15) is 17.2 Å². The molecule has 0 saturated carbocycles. The van der Waals surface area contributed by atoms with Gasteiger partial charge in [0.15, 0.2) is 17.2 Å². The third-order valence-electron chi connectivity index (χ3n) is 2.76. The summed E-state index contributed by atoms with van der Waals surface area (Å²) >= 11 is 0. The SMILES string of the molecule is O=C(O)C1(O)Cc2cc(F)c(F)cc2C1O. The number of aliphatic carboxylic acids is 1. The molecule has 3 N–H and O–H groups in total. The third kappa shape index (κ3) is 1.30. The highest BCUT2D eigenvalue weighted by molar-refractivity contribution is 5.80. The molecule has 2 unspecified atom stereocenters. The van der Waals surface area contributed by atoms with Crippen LogP contribution in [0.5, 0.6) is 0 Å². The Morgan fingerprint density at radius 1 is 1.38 bits per heavy atom. The van der Waals surface area contributed by atoms with Crippen LogP contribution in [0, 0.1) is 11.6 Å². The van der Waals surface area contributed by atoms with Crippen LogP contribution >= 0.6 is 0 Å². The number of aliphatic hydroxyl groups is 2. The first-order chi connectivity index (χ1) is 7.36. The summed E-state index contributed by atoms with van der Waals surface area (Å²) in [7, 11) is 0. The molecule has 6 heteroatoms. The fraction of sp³-hybridized carbons (Fsp3) is 0.300. The summed E-state index contributed by atoms with van der Waals surface area (Å²) in [6.45, 7) is 0. The summed E-state index contributed by atoms with van der Waals surface area (Å²) < 4.78 is 25.8. The third-order valence-corrected chi connectivity index (χ3v) is 2.76. The zero-order valence-corrected chi connectivity index (χ0v) is 7.94. The number of halogens is 2. The van der Waals surface area contributed by atoms with Gasteiger partial charge in [-0.1, -0.05) is 0 Å². The Hall–Kier alpha value is -1.53. The Bertz CT molecular complexity index is 474. The van der Waals surface area contributed by atoms with E-state index in [0.717, 1.165) is 6.07 Å². The van der Waals surface area contributed by atoms with Gasteiger partial charge in [-0.25, -0.2) is 13.6 Å². The van der Waals surface area contributed by atoms with Crippen molar-refractivity contribution in [2.24, 2.45) is 0 Å². The molecule has 86 valence electrons. The molecule has 2 rings (SSSR count). The van der Waals surface area contributed by atoms with Crippen molar-refractivity contribution >= 4 is 5.97 Å². The summed E-state index contributed by atoms with van der Waals surface area (Å²) in [4.78, 5) is 10.8. The summed E-state index contributed by atoms with van der Waals surface area (Å²) in [6, 6.07) is 1.49. The predicted octanol–water partition coefficient (Wildman–Crippen LogP) is 0.370. The van der Waals surface area contributed by atoms with E-state index in [1.54, 1.807) is 0 Å². The van der Waals surface area contributed by atoms with Gasteiger partial charge in [-0.2, -0.15) is 0 Å². The Balaban J connectivity index is 2.54. The quantitative estimate of drug-likeness (QED) is 0.651. The van der Waals surface area contributed by atoms with Crippen LogP contribution in [-0.2, 0) is 11.2 Å². The maximum Gasteiger partial charge on any atom is 0.339 e. The molecule has 1 aliphatic rings. The molecular formula is C10H8F2O4. The number of hydrogen-bond donors (Lipinski definition) is 3. The maximum absolute atomic E-state index is 12.9. The number of carbonyl (C=O) groups is 1. The van der Waals surface area contributed by atoms with Crippen LogP contribution < -0.4 is 0 Å². The molecule has 4 nitrogen and oxygen atoms in total. The second-order valence-electron chi connectivity index (χ2n) is 3.77. The highest BCUT2D eigenvalue weighted by Gasteiger charge is 2.50. The van der Waals surface area contributed by atoms with Gasteiger partial charge in [0.1, 0.15) is 6.10 Å². The van der Waals surface area contributed by atoms with E-state index in [1.807, 2.05) is 0 Å². The van der Waals surface area contributed by atoms with Gasteiger partial charge in [0.25, 0.3) is 0 Å². The van der Waals surface area contributed by atoms with Crippen molar-refractivity contribution in [2.75, 3.05) is 0 Å². The molecule has 0 radical (unpaired) electrons. The first kappa shape index (κ1) is 11.0. The van der Waals surface area contributed by atoms with E-state index in [4.69, 9.17) is 5.11 Å². The van der Waals surface area contributed by atoms with Crippen LogP contribution in [0.4, 0.5) is 8.78 Å². The van der Waals surface area contributed by atoms with Crippen LogP contribution in [0.2, 0.25) is 0 Å². The number of rotatable bonds is 1. The minimum absolute atomic E-state index is 0.0937. The monoisotopic (exact) mass is 230 g/mol. The lowest BCUT2D eigenvalue weighted by molar-refractivity contribution is -0.169. The van der Waals surface area contributed by atoms with Gasteiger partial charge < -0.3 is 15.3 Å². The standard InChI is InChI=1S/C10H8F2O4/c11-6-1-4-3-10(16,9(14)15)8(13)5(4)2-7(6)12/h1-2,8,13,16H,3H2,(H,14,15). The highest BCUT2D eigenvalue weighted by Crippen LogP contribution is 2.40. The van der Waals surface area contributed by atoms with Gasteiger partial charge in [0.05, 0.1) is 0 Å². The molecule has 0 aromatic heterocycles. The van der Waals surface area contributed by atoms with Gasteiger partial charge in [0.2, 0.25) is 0 Å². The first-order valence-electron chi connectivity index (χ1n) is 4.48. The Kier molecular flexibility index (Phi) is 2.21. The van der Waals surface area contributed by atoms with E-state index in [9.17, 15) is 23.8 Å². The predicted molar refractivity (Wildman–Crippen MR) is 47.6 cm³/mol. The largest absolute Gasteiger partial charge is 0.479 e. The average molecular weight is 230 g/mol. The van der Waals surface area contributed by atoms with Crippen molar-refractivity contribution in [3.8, 4) is 0 Å². The highest BCUT2D eigenvalue weighted by atomic mass is 19.2. The number of carboxylic acids is 1. The Labute approximate surface area is 88.8 Å². The molecular weight excluding hydrogens is 222 g/mol. The van der Waals surface area contributed by atoms with Crippen molar-refractivity contribution < 1.29 is 28.9 Å². The molecule has 1 aliphatic carbocycles. The molecule has 0 spiro atoms. The molecule has 0 fully saturated rings. The number of benzene rings is 1. The van der Waals surface area contributed by atoms with Crippen molar-refractivity contribution in [2.45, 2.75) is 18.1 Å². The van der Waals surface area contributed by atoms with Gasteiger partial charge in [-0.05, 0) is 23.3 Å². The minimum atomic E-state index is -2.41. The van der Waals surface area contributed by atoms with E-state index in [1.165, 1.54) is 0 Å². The van der Waals surface area contributed by atoms with Crippen LogP contribution in [0.3, 0.4) is 0 Å². The van der Waals surface area contributed by atoms with E-state index < -0.39 is 35.7 Å². The summed E-state index contributed by atoms with van der Waals surface area (Å²) in [5.41, 5.74) is -2.41. The summed E-state index contributed by atoms with van der Waals surface area (Å²) in [5.74, 6) is -3.95. The van der Waals surface area contributed by atoms with Gasteiger partial charge in [0, 0.05) is 6.42 Å². The maximum atomic E-state index is 12.9. The number of carboxylic acid groups (broad SMARTS) is 1. The zero-order chi connectivity index (χ0) is 12.1. The van der Waals surface area contributed by atoms with E-state index >= 15 is 0 Å². The second kappa shape index (κ2) is 3.23.